The number of amides is 1. The lowest BCUT2D eigenvalue weighted by Crippen LogP contribution is -2.32. The van der Waals surface area contributed by atoms with E-state index in [4.69, 9.17) is 26.3 Å². The molecule has 0 saturated heterocycles. The maximum absolute atomic E-state index is 11.9. The molecule has 0 spiro atoms. The molecule has 2 atom stereocenters. The summed E-state index contributed by atoms with van der Waals surface area (Å²) in [4.78, 5) is 11.9. The molecular weight excluding hydrogens is 430 g/mol. The van der Waals surface area contributed by atoms with E-state index in [2.05, 4.69) is 5.10 Å². The van der Waals surface area contributed by atoms with Crippen LogP contribution in [0.5, 0.6) is 0 Å². The van der Waals surface area contributed by atoms with E-state index in [1.165, 1.54) is 0 Å². The number of methoxy groups -OCH3 is 1. The third-order valence-corrected chi connectivity index (χ3v) is 5.57. The number of carbonyl (C=O) groups is 1. The van der Waals surface area contributed by atoms with Gasteiger partial charge in [-0.2, -0.15) is 5.10 Å². The van der Waals surface area contributed by atoms with E-state index in [1.807, 2.05) is 65.3 Å². The molecule has 1 heterocycles. The second-order valence-corrected chi connectivity index (χ2v) is 7.90. The number of halogens is 1. The molecule has 0 bridgehead atoms. The molecule has 0 saturated carbocycles. The Hall–Kier alpha value is -2.71. The highest BCUT2D eigenvalue weighted by Gasteiger charge is 2.28. The molecule has 0 fully saturated rings. The van der Waals surface area contributed by atoms with Gasteiger partial charge < -0.3 is 9.47 Å². The average molecular weight is 458 g/mol. The zero-order valence-electron chi connectivity index (χ0n) is 18.0. The van der Waals surface area contributed by atoms with Crippen LogP contribution in [0.3, 0.4) is 0 Å². The van der Waals surface area contributed by atoms with Crippen molar-refractivity contribution < 1.29 is 19.5 Å². The Kier molecular flexibility index (Phi) is 9.25. The molecule has 0 radical (unpaired) electrons. The predicted octanol–water partition coefficient (Wildman–Crippen LogP) is 3.99. The van der Waals surface area contributed by atoms with Crippen molar-refractivity contribution in [3.05, 3.63) is 88.7 Å². The molecule has 170 valence electrons. The second kappa shape index (κ2) is 12.4. The van der Waals surface area contributed by atoms with Gasteiger partial charge in [0, 0.05) is 29.9 Å². The van der Waals surface area contributed by atoms with Crippen molar-refractivity contribution in [2.24, 2.45) is 0 Å². The molecule has 1 aromatic heterocycles. The van der Waals surface area contributed by atoms with E-state index in [9.17, 15) is 4.79 Å². The molecule has 1 amide bonds. The lowest BCUT2D eigenvalue weighted by molar-refractivity contribution is -0.132. The smallest absolute Gasteiger partial charge is 0.245 e. The molecule has 0 aliphatic carbocycles. The van der Waals surface area contributed by atoms with Crippen molar-refractivity contribution >= 4 is 17.5 Å². The first-order chi connectivity index (χ1) is 15.6. The number of aromatic nitrogens is 2. The summed E-state index contributed by atoms with van der Waals surface area (Å²) in [5.41, 5.74) is 4.79. The number of rotatable bonds is 12. The molecular formula is C24H28ClN3O4. The van der Waals surface area contributed by atoms with Crippen molar-refractivity contribution in [2.45, 2.75) is 38.0 Å². The van der Waals surface area contributed by atoms with Gasteiger partial charge in [-0.25, -0.2) is 5.48 Å². The maximum Gasteiger partial charge on any atom is 0.245 e. The number of hydroxylamine groups is 1. The standard InChI is InChI=1S/C24H28ClN3O4/c1-31-23(16-24(29)27-30)21(15-18-7-9-20(25)10-8-18)22-11-12-26-28(22)13-14-32-17-19-5-3-2-4-6-19/h2-12,21,23,30H,13-17H2,1H3,(H,27,29). The van der Waals surface area contributed by atoms with Crippen molar-refractivity contribution in [1.29, 1.82) is 0 Å². The number of nitrogens with one attached hydrogen (secondary N) is 1. The first kappa shape index (κ1) is 23.9. The Morgan fingerprint density at radius 1 is 1.12 bits per heavy atom. The minimum Gasteiger partial charge on any atom is -0.380 e. The van der Waals surface area contributed by atoms with Crippen LogP contribution in [0.25, 0.3) is 0 Å². The number of hydrogen-bond donors (Lipinski definition) is 2. The predicted molar refractivity (Wildman–Crippen MR) is 122 cm³/mol. The Morgan fingerprint density at radius 3 is 2.56 bits per heavy atom. The monoisotopic (exact) mass is 457 g/mol. The van der Waals surface area contributed by atoms with Crippen LogP contribution < -0.4 is 5.48 Å². The molecule has 2 aromatic carbocycles. The summed E-state index contributed by atoms with van der Waals surface area (Å²) < 4.78 is 13.4. The van der Waals surface area contributed by atoms with E-state index in [0.717, 1.165) is 16.8 Å². The summed E-state index contributed by atoms with van der Waals surface area (Å²) >= 11 is 6.03. The van der Waals surface area contributed by atoms with Crippen molar-refractivity contribution in [3.8, 4) is 0 Å². The van der Waals surface area contributed by atoms with E-state index < -0.39 is 12.0 Å². The molecule has 0 aliphatic rings. The first-order valence-electron chi connectivity index (χ1n) is 10.4. The zero-order chi connectivity index (χ0) is 22.8. The van der Waals surface area contributed by atoms with Gasteiger partial charge in [0.15, 0.2) is 0 Å². The third kappa shape index (κ3) is 6.90. The van der Waals surface area contributed by atoms with Gasteiger partial charge in [-0.05, 0) is 35.7 Å². The van der Waals surface area contributed by atoms with Gasteiger partial charge in [-0.15, -0.1) is 0 Å². The molecule has 32 heavy (non-hydrogen) atoms. The minimum atomic E-state index is -0.504. The summed E-state index contributed by atoms with van der Waals surface area (Å²) in [5.74, 6) is -0.676. The van der Waals surface area contributed by atoms with Crippen LogP contribution in [0.4, 0.5) is 0 Å². The molecule has 0 aliphatic heterocycles. The highest BCUT2D eigenvalue weighted by Crippen LogP contribution is 2.29. The van der Waals surface area contributed by atoms with Gasteiger partial charge in [0.25, 0.3) is 0 Å². The molecule has 7 nitrogen and oxygen atoms in total. The number of nitrogens with zero attached hydrogens (tertiary/aromatic N) is 2. The fourth-order valence-electron chi connectivity index (χ4n) is 3.68. The summed E-state index contributed by atoms with van der Waals surface area (Å²) in [6, 6.07) is 19.5. The van der Waals surface area contributed by atoms with Crippen molar-refractivity contribution in [1.82, 2.24) is 15.3 Å². The Morgan fingerprint density at radius 2 is 1.88 bits per heavy atom. The molecule has 8 heteroatoms. The molecule has 3 aromatic rings. The number of hydrogen-bond acceptors (Lipinski definition) is 5. The minimum absolute atomic E-state index is 0.0148. The van der Waals surface area contributed by atoms with E-state index in [1.54, 1.807) is 18.8 Å². The van der Waals surface area contributed by atoms with Crippen LogP contribution in [-0.4, -0.2) is 40.7 Å². The van der Waals surface area contributed by atoms with Gasteiger partial charge in [0.05, 0.1) is 32.3 Å². The fraction of sp³-hybridized carbons (Fsp3) is 0.333. The van der Waals surface area contributed by atoms with Gasteiger partial charge in [0.2, 0.25) is 5.91 Å². The van der Waals surface area contributed by atoms with E-state index >= 15 is 0 Å². The largest absolute Gasteiger partial charge is 0.380 e. The second-order valence-electron chi connectivity index (χ2n) is 7.47. The molecule has 2 N–H and O–H groups in total. The van der Waals surface area contributed by atoms with Gasteiger partial charge in [-0.1, -0.05) is 54.1 Å². The Bertz CT molecular complexity index is 963. The lowest BCUT2D eigenvalue weighted by atomic mass is 9.89. The Labute approximate surface area is 192 Å². The van der Waals surface area contributed by atoms with Gasteiger partial charge in [0.1, 0.15) is 0 Å². The highest BCUT2D eigenvalue weighted by atomic mass is 35.5. The molecule has 3 rings (SSSR count). The summed E-state index contributed by atoms with van der Waals surface area (Å²) in [5, 5.41) is 14.1. The maximum atomic E-state index is 11.9. The average Bonchev–Trinajstić information content (AvgIpc) is 3.29. The molecule has 2 unspecified atom stereocenters. The van der Waals surface area contributed by atoms with E-state index in [-0.39, 0.29) is 12.3 Å². The SMILES string of the molecule is COC(CC(=O)NO)C(Cc1ccc(Cl)cc1)c1ccnn1CCOCc1ccccc1. The Balaban J connectivity index is 1.74. The van der Waals surface area contributed by atoms with Crippen LogP contribution >= 0.6 is 11.6 Å². The first-order valence-corrected chi connectivity index (χ1v) is 10.8. The van der Waals surface area contributed by atoms with Crippen LogP contribution in [0.1, 0.15) is 29.2 Å². The summed E-state index contributed by atoms with van der Waals surface area (Å²) in [6.07, 6.45) is 1.91. The summed E-state index contributed by atoms with van der Waals surface area (Å²) in [7, 11) is 1.56. The number of ether oxygens (including phenoxy) is 2. The fourth-order valence-corrected chi connectivity index (χ4v) is 3.81. The lowest BCUT2D eigenvalue weighted by Gasteiger charge is -2.26. The topological polar surface area (TPSA) is 85.6 Å². The number of benzene rings is 2. The van der Waals surface area contributed by atoms with Crippen LogP contribution in [0.2, 0.25) is 5.02 Å². The number of carbonyl (C=O) groups excluding carboxylic acids is 1. The zero-order valence-corrected chi connectivity index (χ0v) is 18.7. The quantitative estimate of drug-likeness (QED) is 0.244. The van der Waals surface area contributed by atoms with Crippen LogP contribution in [-0.2, 0) is 33.8 Å². The summed E-state index contributed by atoms with van der Waals surface area (Å²) in [6.45, 7) is 1.59. The normalized spacial score (nSPS) is 13.0. The van der Waals surface area contributed by atoms with Gasteiger partial charge >= 0.3 is 0 Å². The van der Waals surface area contributed by atoms with E-state index in [0.29, 0.717) is 31.2 Å². The van der Waals surface area contributed by atoms with Crippen molar-refractivity contribution in [3.63, 3.8) is 0 Å². The third-order valence-electron chi connectivity index (χ3n) is 5.32. The van der Waals surface area contributed by atoms with Crippen LogP contribution in [0.15, 0.2) is 66.9 Å². The highest BCUT2D eigenvalue weighted by molar-refractivity contribution is 6.30. The van der Waals surface area contributed by atoms with Crippen LogP contribution in [0, 0.1) is 0 Å². The van der Waals surface area contributed by atoms with Gasteiger partial charge in [-0.3, -0.25) is 14.7 Å². The van der Waals surface area contributed by atoms with Crippen molar-refractivity contribution in [2.75, 3.05) is 13.7 Å².